The van der Waals surface area contributed by atoms with Gasteiger partial charge in [-0.15, -0.1) is 0 Å². The summed E-state index contributed by atoms with van der Waals surface area (Å²) in [6.07, 6.45) is -3.55. The van der Waals surface area contributed by atoms with Crippen molar-refractivity contribution in [1.29, 1.82) is 0 Å². The molecule has 2 aliphatic heterocycles. The van der Waals surface area contributed by atoms with Crippen molar-refractivity contribution in [2.75, 3.05) is 26.3 Å². The van der Waals surface area contributed by atoms with E-state index in [0.29, 0.717) is 18.7 Å². The lowest BCUT2D eigenvalue weighted by Gasteiger charge is -2.36. The van der Waals surface area contributed by atoms with Crippen molar-refractivity contribution in [3.05, 3.63) is 70.8 Å². The first-order valence-corrected chi connectivity index (χ1v) is 9.83. The van der Waals surface area contributed by atoms with Gasteiger partial charge in [0.15, 0.2) is 0 Å². The van der Waals surface area contributed by atoms with E-state index in [2.05, 4.69) is 10.2 Å². The summed E-state index contributed by atoms with van der Waals surface area (Å²) in [5, 5.41) is 13.3. The molecule has 0 aromatic heterocycles. The van der Waals surface area contributed by atoms with Crippen LogP contribution < -0.4 is 5.32 Å². The molecule has 2 aromatic rings. The lowest BCUT2D eigenvalue weighted by molar-refractivity contribution is -0.184. The number of ether oxygens (including phenoxy) is 1. The van der Waals surface area contributed by atoms with Crippen molar-refractivity contribution in [2.45, 2.75) is 30.8 Å². The SMILES string of the molecule is O=C(NC1CCN(Cc2ccc(C(F)(F)F)cc2)C1)c1ccc(C2(O)COC2)cc1. The van der Waals surface area contributed by atoms with Crippen molar-refractivity contribution >= 4 is 5.91 Å². The van der Waals surface area contributed by atoms with Crippen LogP contribution in [-0.2, 0) is 23.1 Å². The standard InChI is InChI=1S/C22H23F3N2O3/c23-22(24,25)18-5-1-15(2-6-18)11-27-10-9-19(12-27)26-20(28)16-3-7-17(8-4-16)21(29)13-30-14-21/h1-8,19,29H,9-14H2,(H,26,28). The van der Waals surface area contributed by atoms with Crippen LogP contribution in [0, 0.1) is 0 Å². The van der Waals surface area contributed by atoms with Gasteiger partial charge in [-0.3, -0.25) is 9.69 Å². The van der Waals surface area contributed by atoms with Crippen LogP contribution in [0.25, 0.3) is 0 Å². The van der Waals surface area contributed by atoms with Gasteiger partial charge in [-0.1, -0.05) is 24.3 Å². The maximum atomic E-state index is 12.7. The van der Waals surface area contributed by atoms with Crippen molar-refractivity contribution in [1.82, 2.24) is 10.2 Å². The largest absolute Gasteiger partial charge is 0.416 e. The molecule has 2 fully saturated rings. The van der Waals surface area contributed by atoms with E-state index in [0.717, 1.165) is 36.2 Å². The van der Waals surface area contributed by atoms with E-state index >= 15 is 0 Å². The summed E-state index contributed by atoms with van der Waals surface area (Å²) in [6.45, 7) is 2.46. The van der Waals surface area contributed by atoms with Gasteiger partial charge >= 0.3 is 6.18 Å². The molecule has 2 aromatic carbocycles. The van der Waals surface area contributed by atoms with E-state index in [-0.39, 0.29) is 25.2 Å². The number of carbonyl (C=O) groups is 1. The quantitative estimate of drug-likeness (QED) is 0.781. The van der Waals surface area contributed by atoms with Gasteiger partial charge < -0.3 is 15.2 Å². The first-order valence-electron chi connectivity index (χ1n) is 9.83. The summed E-state index contributed by atoms with van der Waals surface area (Å²) in [5.74, 6) is -0.181. The first kappa shape index (κ1) is 20.8. The second-order valence-electron chi connectivity index (χ2n) is 7.99. The molecule has 5 nitrogen and oxygen atoms in total. The number of likely N-dealkylation sites (tertiary alicyclic amines) is 1. The van der Waals surface area contributed by atoms with Crippen molar-refractivity contribution < 1.29 is 27.8 Å². The van der Waals surface area contributed by atoms with Crippen LogP contribution in [0.3, 0.4) is 0 Å². The van der Waals surface area contributed by atoms with E-state index in [1.807, 2.05) is 0 Å². The summed E-state index contributed by atoms with van der Waals surface area (Å²) in [5.41, 5.74) is 0.445. The smallest absolute Gasteiger partial charge is 0.380 e. The van der Waals surface area contributed by atoms with E-state index < -0.39 is 17.3 Å². The maximum absolute atomic E-state index is 12.7. The zero-order chi connectivity index (χ0) is 21.4. The normalized spacial score (nSPS) is 21.3. The van der Waals surface area contributed by atoms with Crippen molar-refractivity contribution in [2.24, 2.45) is 0 Å². The molecule has 1 atom stereocenters. The molecule has 0 radical (unpaired) electrons. The third kappa shape index (κ3) is 4.50. The highest BCUT2D eigenvalue weighted by Crippen LogP contribution is 2.30. The molecule has 8 heteroatoms. The Morgan fingerprint density at radius 2 is 1.80 bits per heavy atom. The van der Waals surface area contributed by atoms with Crippen LogP contribution in [0.1, 0.15) is 33.5 Å². The number of halogens is 3. The van der Waals surface area contributed by atoms with Crippen LogP contribution in [0.15, 0.2) is 48.5 Å². The van der Waals surface area contributed by atoms with Gasteiger partial charge in [-0.25, -0.2) is 0 Å². The Labute approximate surface area is 172 Å². The zero-order valence-electron chi connectivity index (χ0n) is 16.3. The summed E-state index contributed by atoms with van der Waals surface area (Å²) in [6, 6.07) is 12.0. The van der Waals surface area contributed by atoms with Crippen LogP contribution in [-0.4, -0.2) is 48.3 Å². The molecule has 1 unspecified atom stereocenters. The van der Waals surface area contributed by atoms with Gasteiger partial charge in [0.25, 0.3) is 5.91 Å². The average molecular weight is 420 g/mol. The minimum atomic E-state index is -4.33. The van der Waals surface area contributed by atoms with Gasteiger partial charge in [0, 0.05) is 31.2 Å². The molecule has 2 aliphatic rings. The number of amides is 1. The van der Waals surface area contributed by atoms with Crippen molar-refractivity contribution in [3.63, 3.8) is 0 Å². The van der Waals surface area contributed by atoms with Gasteiger partial charge in [0.1, 0.15) is 5.60 Å². The number of benzene rings is 2. The first-order chi connectivity index (χ1) is 14.2. The Kier molecular flexibility index (Phi) is 5.57. The second kappa shape index (κ2) is 8.02. The van der Waals surface area contributed by atoms with Gasteiger partial charge in [0.2, 0.25) is 0 Å². The fraction of sp³-hybridized carbons (Fsp3) is 0.409. The molecular weight excluding hydrogens is 397 g/mol. The predicted octanol–water partition coefficient (Wildman–Crippen LogP) is 2.93. The van der Waals surface area contributed by atoms with Crippen LogP contribution in [0.4, 0.5) is 13.2 Å². The topological polar surface area (TPSA) is 61.8 Å². The van der Waals surface area contributed by atoms with Gasteiger partial charge in [-0.05, 0) is 41.8 Å². The molecule has 1 amide bonds. The number of nitrogens with one attached hydrogen (secondary N) is 1. The summed E-state index contributed by atoms with van der Waals surface area (Å²) in [4.78, 5) is 14.6. The molecule has 30 heavy (non-hydrogen) atoms. The van der Waals surface area contributed by atoms with E-state index in [1.54, 1.807) is 24.3 Å². The Balaban J connectivity index is 1.29. The molecule has 160 valence electrons. The molecule has 2 N–H and O–H groups in total. The average Bonchev–Trinajstić information content (AvgIpc) is 3.12. The molecular formula is C22H23F3N2O3. The minimum absolute atomic E-state index is 0.0177. The molecule has 0 saturated carbocycles. The predicted molar refractivity (Wildman–Crippen MR) is 104 cm³/mol. The van der Waals surface area contributed by atoms with Crippen LogP contribution in [0.2, 0.25) is 0 Å². The lowest BCUT2D eigenvalue weighted by Crippen LogP contribution is -2.46. The van der Waals surface area contributed by atoms with Gasteiger partial charge in [-0.2, -0.15) is 13.2 Å². The zero-order valence-corrected chi connectivity index (χ0v) is 16.3. The number of hydrogen-bond donors (Lipinski definition) is 2. The highest BCUT2D eigenvalue weighted by Gasteiger charge is 2.38. The number of nitrogens with zero attached hydrogens (tertiary/aromatic N) is 1. The monoisotopic (exact) mass is 420 g/mol. The maximum Gasteiger partial charge on any atom is 0.416 e. The lowest BCUT2D eigenvalue weighted by atomic mass is 9.91. The summed E-state index contributed by atoms with van der Waals surface area (Å²) >= 11 is 0. The Morgan fingerprint density at radius 1 is 1.13 bits per heavy atom. The number of hydrogen-bond acceptors (Lipinski definition) is 4. The number of alkyl halides is 3. The van der Waals surface area contributed by atoms with E-state index in [1.165, 1.54) is 12.1 Å². The van der Waals surface area contributed by atoms with Crippen molar-refractivity contribution in [3.8, 4) is 0 Å². The van der Waals surface area contributed by atoms with E-state index in [9.17, 15) is 23.1 Å². The number of rotatable bonds is 5. The summed E-state index contributed by atoms with van der Waals surface area (Å²) < 4.78 is 43.1. The molecule has 2 heterocycles. The highest BCUT2D eigenvalue weighted by atomic mass is 19.4. The Hall–Kier alpha value is -2.42. The molecule has 2 saturated heterocycles. The number of carbonyl (C=O) groups excluding carboxylic acids is 1. The molecule has 0 bridgehead atoms. The fourth-order valence-electron chi connectivity index (χ4n) is 3.81. The Bertz CT molecular complexity index is 893. The fourth-order valence-corrected chi connectivity index (χ4v) is 3.81. The third-order valence-corrected chi connectivity index (χ3v) is 5.66. The van der Waals surface area contributed by atoms with Crippen LogP contribution >= 0.6 is 0 Å². The highest BCUT2D eigenvalue weighted by molar-refractivity contribution is 5.94. The molecule has 4 rings (SSSR count). The van der Waals surface area contributed by atoms with E-state index in [4.69, 9.17) is 4.74 Å². The Morgan fingerprint density at radius 3 is 2.37 bits per heavy atom. The van der Waals surface area contributed by atoms with Crippen LogP contribution in [0.5, 0.6) is 0 Å². The van der Waals surface area contributed by atoms with Gasteiger partial charge in [0.05, 0.1) is 18.8 Å². The second-order valence-corrected chi connectivity index (χ2v) is 7.99. The molecule has 0 spiro atoms. The molecule has 0 aliphatic carbocycles. The number of aliphatic hydroxyl groups is 1. The minimum Gasteiger partial charge on any atom is -0.380 e. The third-order valence-electron chi connectivity index (χ3n) is 5.66. The summed E-state index contributed by atoms with van der Waals surface area (Å²) in [7, 11) is 0.